The van der Waals surface area contributed by atoms with Crippen LogP contribution >= 0.6 is 0 Å². The predicted molar refractivity (Wildman–Crippen MR) is 140 cm³/mol. The standard InChI is InChI=1S/C29H44O7Si/c1-14-13-28-15(2)12-18-20(27(18,8)9)19(22(28)31)21(36-37(10,11)26(5,6)7)16(3)24-29(28,35-25(32)34-24)23(14)33-17(4)30/h13,15-16,18-21,23-24H,12H2,1-11H3/t15-,16+,18-,19?,20-,21-,23+,24-,28+,29?/m1/s1. The van der Waals surface area contributed by atoms with Crippen LogP contribution in [0.15, 0.2) is 11.6 Å². The second kappa shape index (κ2) is 7.71. The van der Waals surface area contributed by atoms with Gasteiger partial charge in [-0.25, -0.2) is 4.79 Å². The average molecular weight is 533 g/mol. The Labute approximate surface area is 222 Å². The van der Waals surface area contributed by atoms with Gasteiger partial charge in [0.1, 0.15) is 0 Å². The molecular weight excluding hydrogens is 488 g/mol. The van der Waals surface area contributed by atoms with Gasteiger partial charge in [-0.3, -0.25) is 9.59 Å². The highest BCUT2D eigenvalue weighted by atomic mass is 28.4. The number of ether oxygens (including phenoxy) is 3. The molecule has 1 heterocycles. The first kappa shape index (κ1) is 26.9. The Morgan fingerprint density at radius 3 is 2.35 bits per heavy atom. The lowest BCUT2D eigenvalue weighted by Gasteiger charge is -2.47. The normalized spacial score (nSPS) is 45.9. The van der Waals surface area contributed by atoms with E-state index in [-0.39, 0.29) is 39.9 Å². The summed E-state index contributed by atoms with van der Waals surface area (Å²) in [6.07, 6.45) is -0.125. The average Bonchev–Trinajstić information content (AvgIpc) is 3.03. The minimum Gasteiger partial charge on any atom is -0.454 e. The fourth-order valence-electron chi connectivity index (χ4n) is 8.42. The Morgan fingerprint density at radius 1 is 1.16 bits per heavy atom. The highest BCUT2D eigenvalue weighted by Crippen LogP contribution is 2.74. The molecule has 0 N–H and O–H groups in total. The van der Waals surface area contributed by atoms with Crippen LogP contribution in [0, 0.1) is 40.4 Å². The summed E-state index contributed by atoms with van der Waals surface area (Å²) in [6.45, 7) is 22.9. The number of esters is 1. The molecule has 4 fully saturated rings. The maximum absolute atomic E-state index is 15.2. The van der Waals surface area contributed by atoms with Crippen LogP contribution in [0.3, 0.4) is 0 Å². The lowest BCUT2D eigenvalue weighted by molar-refractivity contribution is -0.181. The van der Waals surface area contributed by atoms with Gasteiger partial charge in [-0.15, -0.1) is 0 Å². The van der Waals surface area contributed by atoms with Gasteiger partial charge in [0.15, 0.2) is 26.3 Å². The van der Waals surface area contributed by atoms with E-state index < -0.39 is 49.8 Å². The third kappa shape index (κ3) is 3.23. The number of carbonyl (C=O) groups excluding carboxylic acids is 3. The predicted octanol–water partition coefficient (Wildman–Crippen LogP) is 5.68. The van der Waals surface area contributed by atoms with Crippen molar-refractivity contribution in [3.8, 4) is 0 Å². The molecule has 37 heavy (non-hydrogen) atoms. The summed E-state index contributed by atoms with van der Waals surface area (Å²) in [4.78, 5) is 40.5. The van der Waals surface area contributed by atoms with Gasteiger partial charge in [0.05, 0.1) is 11.5 Å². The number of Topliss-reactive ketones (excluding diaryl/α,β-unsaturated/α-hetero) is 1. The Morgan fingerprint density at radius 2 is 1.78 bits per heavy atom. The zero-order valence-corrected chi connectivity index (χ0v) is 25.3. The van der Waals surface area contributed by atoms with Gasteiger partial charge in [0.25, 0.3) is 0 Å². The van der Waals surface area contributed by atoms with E-state index in [0.29, 0.717) is 5.92 Å². The largest absolute Gasteiger partial charge is 0.509 e. The van der Waals surface area contributed by atoms with Crippen molar-refractivity contribution in [3.63, 3.8) is 0 Å². The number of hydrogen-bond acceptors (Lipinski definition) is 7. The molecule has 0 amide bonds. The topological polar surface area (TPSA) is 88.1 Å². The summed E-state index contributed by atoms with van der Waals surface area (Å²) in [5.74, 6) is -0.719. The number of carbonyl (C=O) groups is 3. The van der Waals surface area contributed by atoms with Crippen molar-refractivity contribution in [2.45, 2.75) is 111 Å². The van der Waals surface area contributed by atoms with Crippen molar-refractivity contribution in [3.05, 3.63) is 11.6 Å². The summed E-state index contributed by atoms with van der Waals surface area (Å²) in [7, 11) is -2.33. The van der Waals surface area contributed by atoms with Gasteiger partial charge < -0.3 is 18.6 Å². The highest BCUT2D eigenvalue weighted by Gasteiger charge is 2.83. The monoisotopic (exact) mass is 532 g/mol. The SMILES string of the molecule is CC(=O)O[C@H]1C(C)=C[C@]23C(=O)C([C@H](O[Si](C)(C)C(C)(C)C)[C@H](C)[C@H]4OC(=O)OC412)[C@H]1[C@@H](C[C@H]3C)C1(C)C. The molecule has 1 aliphatic heterocycles. The zero-order chi connectivity index (χ0) is 27.7. The van der Waals surface area contributed by atoms with E-state index >= 15 is 4.79 Å². The van der Waals surface area contributed by atoms with Crippen LogP contribution in [0.1, 0.15) is 68.7 Å². The van der Waals surface area contributed by atoms with Crippen molar-refractivity contribution in [1.29, 1.82) is 0 Å². The molecule has 206 valence electrons. The molecule has 5 aliphatic rings. The fraction of sp³-hybridized carbons (Fsp3) is 0.828. The van der Waals surface area contributed by atoms with Crippen molar-refractivity contribution in [1.82, 2.24) is 0 Å². The first-order valence-electron chi connectivity index (χ1n) is 13.8. The first-order valence-corrected chi connectivity index (χ1v) is 16.7. The number of rotatable bonds is 3. The summed E-state index contributed by atoms with van der Waals surface area (Å²) in [5, 5.41) is -0.0660. The Kier molecular flexibility index (Phi) is 5.61. The van der Waals surface area contributed by atoms with Crippen LogP contribution in [-0.4, -0.2) is 50.1 Å². The summed E-state index contributed by atoms with van der Waals surface area (Å²) < 4.78 is 25.2. The maximum Gasteiger partial charge on any atom is 0.509 e. The molecule has 0 radical (unpaired) electrons. The van der Waals surface area contributed by atoms with Gasteiger partial charge in [-0.05, 0) is 60.2 Å². The van der Waals surface area contributed by atoms with E-state index in [9.17, 15) is 9.59 Å². The lowest BCUT2D eigenvalue weighted by Crippen LogP contribution is -2.65. The smallest absolute Gasteiger partial charge is 0.454 e. The van der Waals surface area contributed by atoms with E-state index in [2.05, 4.69) is 54.6 Å². The van der Waals surface area contributed by atoms with Gasteiger partial charge in [-0.2, -0.15) is 0 Å². The van der Waals surface area contributed by atoms with E-state index in [0.717, 1.165) is 12.0 Å². The van der Waals surface area contributed by atoms with Crippen LogP contribution in [0.5, 0.6) is 0 Å². The summed E-state index contributed by atoms with van der Waals surface area (Å²) >= 11 is 0. The Balaban J connectivity index is 1.77. The quantitative estimate of drug-likeness (QED) is 0.263. The van der Waals surface area contributed by atoms with Crippen LogP contribution in [-0.2, 0) is 28.2 Å². The second-order valence-electron chi connectivity index (χ2n) is 14.6. The van der Waals surface area contributed by atoms with Gasteiger partial charge in [-0.1, -0.05) is 54.5 Å². The molecule has 0 aromatic carbocycles. The number of fused-ring (bicyclic) bond motifs is 3. The van der Waals surface area contributed by atoms with E-state index in [1.165, 1.54) is 6.92 Å². The molecule has 0 aromatic rings. The number of hydrogen-bond donors (Lipinski definition) is 0. The molecule has 5 rings (SSSR count). The minimum absolute atomic E-state index is 0.0156. The molecule has 0 aromatic heterocycles. The molecule has 2 spiro atoms. The molecule has 2 bridgehead atoms. The molecule has 2 unspecified atom stereocenters. The third-order valence-corrected chi connectivity index (χ3v) is 15.8. The van der Waals surface area contributed by atoms with E-state index in [4.69, 9.17) is 18.6 Å². The molecule has 7 nitrogen and oxygen atoms in total. The second-order valence-corrected chi connectivity index (χ2v) is 19.4. The van der Waals surface area contributed by atoms with Crippen molar-refractivity contribution in [2.24, 2.45) is 40.4 Å². The van der Waals surface area contributed by atoms with Crippen molar-refractivity contribution in [2.75, 3.05) is 0 Å². The molecule has 3 saturated carbocycles. The van der Waals surface area contributed by atoms with Gasteiger partial charge >= 0.3 is 12.1 Å². The Hall–Kier alpha value is -1.67. The van der Waals surface area contributed by atoms with Crippen LogP contribution in [0.4, 0.5) is 4.79 Å². The molecule has 4 aliphatic carbocycles. The summed E-state index contributed by atoms with van der Waals surface area (Å²) in [5.41, 5.74) is -1.84. The van der Waals surface area contributed by atoms with Gasteiger partial charge in [0, 0.05) is 18.8 Å². The van der Waals surface area contributed by atoms with Crippen LogP contribution < -0.4 is 0 Å². The van der Waals surface area contributed by atoms with Crippen molar-refractivity contribution < 1.29 is 33.0 Å². The molecule has 8 heteroatoms. The maximum atomic E-state index is 15.2. The summed E-state index contributed by atoms with van der Waals surface area (Å²) in [6, 6.07) is 0. The zero-order valence-electron chi connectivity index (χ0n) is 24.3. The highest BCUT2D eigenvalue weighted by molar-refractivity contribution is 6.74. The molecule has 1 saturated heterocycles. The molecular formula is C29H44O7Si. The third-order valence-electron chi connectivity index (χ3n) is 11.3. The van der Waals surface area contributed by atoms with Crippen LogP contribution in [0.25, 0.3) is 0 Å². The molecule has 10 atom stereocenters. The fourth-order valence-corrected chi connectivity index (χ4v) is 9.82. The minimum atomic E-state index is -2.33. The van der Waals surface area contributed by atoms with Crippen LogP contribution in [0.2, 0.25) is 18.1 Å². The number of ketones is 1. The lowest BCUT2D eigenvalue weighted by atomic mass is 9.59. The van der Waals surface area contributed by atoms with E-state index in [1.54, 1.807) is 0 Å². The van der Waals surface area contributed by atoms with Gasteiger partial charge in [0.2, 0.25) is 5.60 Å². The first-order chi connectivity index (χ1) is 16.8. The van der Waals surface area contributed by atoms with Crippen molar-refractivity contribution >= 4 is 26.2 Å². The Bertz CT molecular complexity index is 1090. The van der Waals surface area contributed by atoms with E-state index in [1.807, 2.05) is 19.9 Å².